The highest BCUT2D eigenvalue weighted by Gasteiger charge is 2.41. The molecule has 6 nitrogen and oxygen atoms in total. The average molecular weight is 223 g/mol. The average Bonchev–Trinajstić information content (AvgIpc) is 3.00. The fraction of sp³-hybridized carbons (Fsp3) is 0.700. The Morgan fingerprint density at radius 1 is 1.69 bits per heavy atom. The van der Waals surface area contributed by atoms with Gasteiger partial charge in [0, 0.05) is 6.54 Å². The van der Waals surface area contributed by atoms with E-state index in [0.29, 0.717) is 12.5 Å². The molecule has 1 aliphatic carbocycles. The predicted molar refractivity (Wildman–Crippen MR) is 58.3 cm³/mol. The third kappa shape index (κ3) is 2.38. The Hall–Kier alpha value is -1.43. The molecule has 6 heteroatoms. The molecule has 0 radical (unpaired) electrons. The summed E-state index contributed by atoms with van der Waals surface area (Å²) in [5.41, 5.74) is 5.45. The van der Waals surface area contributed by atoms with Crippen molar-refractivity contribution < 1.29 is 4.79 Å². The molecule has 1 unspecified atom stereocenters. The van der Waals surface area contributed by atoms with Crippen molar-refractivity contribution in [1.82, 2.24) is 20.1 Å². The van der Waals surface area contributed by atoms with Crippen LogP contribution in [0.1, 0.15) is 19.8 Å². The number of nitrogens with one attached hydrogen (secondary N) is 1. The van der Waals surface area contributed by atoms with Crippen molar-refractivity contribution in [2.75, 3.05) is 6.54 Å². The summed E-state index contributed by atoms with van der Waals surface area (Å²) in [6.07, 6.45) is 5.24. The molecule has 0 saturated heterocycles. The highest BCUT2D eigenvalue weighted by molar-refractivity contribution is 5.76. The molecule has 1 aromatic rings. The van der Waals surface area contributed by atoms with Crippen molar-refractivity contribution in [3.05, 3.63) is 12.7 Å². The van der Waals surface area contributed by atoms with Crippen LogP contribution in [0.2, 0.25) is 0 Å². The zero-order valence-electron chi connectivity index (χ0n) is 9.39. The second kappa shape index (κ2) is 4.21. The van der Waals surface area contributed by atoms with E-state index in [-0.39, 0.29) is 18.0 Å². The molecule has 0 bridgehead atoms. The molecule has 0 aliphatic heterocycles. The minimum Gasteiger partial charge on any atom is -0.348 e. The lowest BCUT2D eigenvalue weighted by Gasteiger charge is -2.29. The SMILES string of the molecule is CC(CN)(NC(=O)Cn1cncn1)C1CC1. The summed E-state index contributed by atoms with van der Waals surface area (Å²) >= 11 is 0. The molecule has 1 aromatic heterocycles. The summed E-state index contributed by atoms with van der Waals surface area (Å²) in [6, 6.07) is 0. The molecule has 0 spiro atoms. The number of rotatable bonds is 5. The maximum absolute atomic E-state index is 11.8. The summed E-state index contributed by atoms with van der Waals surface area (Å²) in [4.78, 5) is 15.5. The van der Waals surface area contributed by atoms with E-state index in [4.69, 9.17) is 5.73 Å². The number of nitrogens with zero attached hydrogens (tertiary/aromatic N) is 3. The van der Waals surface area contributed by atoms with Crippen molar-refractivity contribution in [1.29, 1.82) is 0 Å². The highest BCUT2D eigenvalue weighted by atomic mass is 16.2. The lowest BCUT2D eigenvalue weighted by Crippen LogP contribution is -2.53. The third-order valence-corrected chi connectivity index (χ3v) is 3.10. The Kier molecular flexibility index (Phi) is 2.91. The van der Waals surface area contributed by atoms with Gasteiger partial charge in [0.05, 0.1) is 5.54 Å². The van der Waals surface area contributed by atoms with Crippen LogP contribution in [-0.4, -0.2) is 32.8 Å². The normalized spacial score (nSPS) is 19.1. The number of carbonyl (C=O) groups excluding carboxylic acids is 1. The Bertz CT molecular complexity index is 359. The first kappa shape index (κ1) is 11.1. The van der Waals surface area contributed by atoms with Gasteiger partial charge in [-0.1, -0.05) is 0 Å². The lowest BCUT2D eigenvalue weighted by molar-refractivity contribution is -0.123. The summed E-state index contributed by atoms with van der Waals surface area (Å²) in [5, 5.41) is 6.88. The van der Waals surface area contributed by atoms with Gasteiger partial charge in [0.1, 0.15) is 19.2 Å². The van der Waals surface area contributed by atoms with E-state index in [9.17, 15) is 4.79 Å². The molecule has 1 fully saturated rings. The van der Waals surface area contributed by atoms with Crippen molar-refractivity contribution in [3.8, 4) is 0 Å². The smallest absolute Gasteiger partial charge is 0.242 e. The van der Waals surface area contributed by atoms with Crippen LogP contribution in [0.3, 0.4) is 0 Å². The Morgan fingerprint density at radius 2 is 2.44 bits per heavy atom. The van der Waals surface area contributed by atoms with Gasteiger partial charge < -0.3 is 11.1 Å². The number of aromatic nitrogens is 3. The van der Waals surface area contributed by atoms with E-state index in [1.54, 1.807) is 0 Å². The predicted octanol–water partition coefficient (Wildman–Crippen LogP) is -0.478. The van der Waals surface area contributed by atoms with Gasteiger partial charge in [0.25, 0.3) is 0 Å². The molecule has 88 valence electrons. The molecular formula is C10H17N5O. The quantitative estimate of drug-likeness (QED) is 0.706. The van der Waals surface area contributed by atoms with Crippen LogP contribution < -0.4 is 11.1 Å². The lowest BCUT2D eigenvalue weighted by atomic mass is 9.96. The maximum atomic E-state index is 11.8. The molecule has 2 rings (SSSR count). The summed E-state index contributed by atoms with van der Waals surface area (Å²) < 4.78 is 1.50. The van der Waals surface area contributed by atoms with Crippen LogP contribution in [0.25, 0.3) is 0 Å². The minimum atomic E-state index is -0.266. The Balaban J connectivity index is 1.90. The van der Waals surface area contributed by atoms with Crippen LogP contribution in [0.15, 0.2) is 12.7 Å². The standard InChI is InChI=1S/C10H17N5O/c1-10(5-11,8-2-3-8)14-9(16)4-15-7-12-6-13-15/h6-8H,2-5,11H2,1H3,(H,14,16). The van der Waals surface area contributed by atoms with Gasteiger partial charge in [-0.2, -0.15) is 5.10 Å². The van der Waals surface area contributed by atoms with Gasteiger partial charge >= 0.3 is 0 Å². The molecule has 16 heavy (non-hydrogen) atoms. The molecular weight excluding hydrogens is 206 g/mol. The monoisotopic (exact) mass is 223 g/mol. The minimum absolute atomic E-state index is 0.0645. The van der Waals surface area contributed by atoms with Gasteiger partial charge in [0.2, 0.25) is 5.91 Å². The van der Waals surface area contributed by atoms with Crippen molar-refractivity contribution >= 4 is 5.91 Å². The summed E-state index contributed by atoms with van der Waals surface area (Å²) in [6.45, 7) is 2.67. The topological polar surface area (TPSA) is 85.8 Å². The number of carbonyl (C=O) groups is 1. The summed E-state index contributed by atoms with van der Waals surface area (Å²) in [5.74, 6) is 0.461. The first-order chi connectivity index (χ1) is 7.64. The van der Waals surface area contributed by atoms with E-state index in [1.807, 2.05) is 6.92 Å². The fourth-order valence-electron chi connectivity index (χ4n) is 1.86. The van der Waals surface area contributed by atoms with Gasteiger partial charge in [-0.15, -0.1) is 0 Å². The molecule has 1 heterocycles. The number of hydrogen-bond acceptors (Lipinski definition) is 4. The molecule has 1 saturated carbocycles. The molecule has 1 aliphatic rings. The number of nitrogens with two attached hydrogens (primary N) is 1. The van der Waals surface area contributed by atoms with E-state index in [1.165, 1.54) is 17.3 Å². The van der Waals surface area contributed by atoms with Crippen molar-refractivity contribution in [2.24, 2.45) is 11.7 Å². The van der Waals surface area contributed by atoms with E-state index in [0.717, 1.165) is 12.8 Å². The molecule has 1 amide bonds. The van der Waals surface area contributed by atoms with Gasteiger partial charge in [0.15, 0.2) is 0 Å². The zero-order valence-corrected chi connectivity index (χ0v) is 9.39. The zero-order chi connectivity index (χ0) is 11.6. The van der Waals surface area contributed by atoms with Crippen LogP contribution in [0.5, 0.6) is 0 Å². The summed E-state index contributed by atoms with van der Waals surface area (Å²) in [7, 11) is 0. The Labute approximate surface area is 94.2 Å². The number of amides is 1. The Morgan fingerprint density at radius 3 is 2.94 bits per heavy atom. The van der Waals surface area contributed by atoms with E-state index >= 15 is 0 Å². The first-order valence-corrected chi connectivity index (χ1v) is 5.47. The molecule has 0 aromatic carbocycles. The van der Waals surface area contributed by atoms with Crippen molar-refractivity contribution in [3.63, 3.8) is 0 Å². The first-order valence-electron chi connectivity index (χ1n) is 5.47. The second-order valence-electron chi connectivity index (χ2n) is 4.54. The maximum Gasteiger partial charge on any atom is 0.242 e. The highest BCUT2D eigenvalue weighted by Crippen LogP contribution is 2.38. The van der Waals surface area contributed by atoms with Crippen molar-refractivity contribution in [2.45, 2.75) is 31.8 Å². The van der Waals surface area contributed by atoms with Gasteiger partial charge in [-0.3, -0.25) is 4.79 Å². The van der Waals surface area contributed by atoms with E-state index in [2.05, 4.69) is 15.4 Å². The van der Waals surface area contributed by atoms with Crippen LogP contribution in [0, 0.1) is 5.92 Å². The fourth-order valence-corrected chi connectivity index (χ4v) is 1.86. The van der Waals surface area contributed by atoms with Crippen LogP contribution in [-0.2, 0) is 11.3 Å². The van der Waals surface area contributed by atoms with Gasteiger partial charge in [-0.05, 0) is 25.7 Å². The van der Waals surface area contributed by atoms with Gasteiger partial charge in [-0.25, -0.2) is 9.67 Å². The molecule has 1 atom stereocenters. The van der Waals surface area contributed by atoms with Crippen LogP contribution >= 0.6 is 0 Å². The molecule has 3 N–H and O–H groups in total. The number of hydrogen-bond donors (Lipinski definition) is 2. The largest absolute Gasteiger partial charge is 0.348 e. The second-order valence-corrected chi connectivity index (χ2v) is 4.54. The van der Waals surface area contributed by atoms with E-state index < -0.39 is 0 Å². The third-order valence-electron chi connectivity index (χ3n) is 3.10. The van der Waals surface area contributed by atoms with Crippen LogP contribution in [0.4, 0.5) is 0 Å².